The Bertz CT molecular complexity index is 810. The van der Waals surface area contributed by atoms with Crippen molar-refractivity contribution in [1.82, 2.24) is 5.32 Å². The maximum Gasteiger partial charge on any atom is 0.304 e. The van der Waals surface area contributed by atoms with Crippen molar-refractivity contribution < 1.29 is 22.6 Å². The second-order valence-electron chi connectivity index (χ2n) is 4.52. The molecule has 2 aromatic heterocycles. The van der Waals surface area contributed by atoms with E-state index in [0.717, 1.165) is 12.3 Å². The van der Waals surface area contributed by atoms with Gasteiger partial charge in [-0.25, -0.2) is 8.42 Å². The Morgan fingerprint density at radius 3 is 2.78 bits per heavy atom. The third kappa shape index (κ3) is 4.53. The molecular weight excluding hydrogens is 346 g/mol. The number of nitro groups is 1. The molecule has 0 saturated heterocycles. The van der Waals surface area contributed by atoms with E-state index in [2.05, 4.69) is 10.6 Å². The van der Waals surface area contributed by atoms with Crippen molar-refractivity contribution in [3.05, 3.63) is 40.3 Å². The number of thiophene rings is 1. The third-order valence-electron chi connectivity index (χ3n) is 2.70. The molecule has 9 nitrogen and oxygen atoms in total. The Morgan fingerprint density at radius 1 is 1.48 bits per heavy atom. The molecule has 0 aliphatic carbocycles. The molecule has 23 heavy (non-hydrogen) atoms. The molecular formula is C12H13N3O6S2. The molecule has 11 heteroatoms. The van der Waals surface area contributed by atoms with Crippen molar-refractivity contribution in [2.75, 3.05) is 18.1 Å². The summed E-state index contributed by atoms with van der Waals surface area (Å²) in [5.41, 5.74) is -0.380. The molecule has 0 unspecified atom stereocenters. The summed E-state index contributed by atoms with van der Waals surface area (Å²) in [4.78, 5) is 21.9. The Kier molecular flexibility index (Phi) is 5.01. The van der Waals surface area contributed by atoms with Gasteiger partial charge in [-0.2, -0.15) is 0 Å². The van der Waals surface area contributed by atoms with Crippen LogP contribution in [0.25, 0.3) is 0 Å². The van der Waals surface area contributed by atoms with Gasteiger partial charge in [0.05, 0.1) is 24.3 Å². The van der Waals surface area contributed by atoms with Gasteiger partial charge in [-0.05, 0) is 12.1 Å². The fourth-order valence-corrected chi connectivity index (χ4v) is 3.56. The molecule has 2 heterocycles. The van der Waals surface area contributed by atoms with E-state index in [9.17, 15) is 23.3 Å². The van der Waals surface area contributed by atoms with E-state index >= 15 is 0 Å². The molecule has 0 aromatic carbocycles. The lowest BCUT2D eigenvalue weighted by Gasteiger charge is -2.04. The molecule has 124 valence electrons. The Balaban J connectivity index is 2.00. The van der Waals surface area contributed by atoms with E-state index in [4.69, 9.17) is 4.42 Å². The first kappa shape index (κ1) is 17.0. The van der Waals surface area contributed by atoms with Crippen LogP contribution in [0.3, 0.4) is 0 Å². The van der Waals surface area contributed by atoms with E-state index in [1.807, 2.05) is 0 Å². The highest BCUT2D eigenvalue weighted by atomic mass is 32.2. The Morgan fingerprint density at radius 2 is 2.22 bits per heavy atom. The predicted molar refractivity (Wildman–Crippen MR) is 83.1 cm³/mol. The summed E-state index contributed by atoms with van der Waals surface area (Å²) >= 11 is 0.713. The monoisotopic (exact) mass is 359 g/mol. The molecule has 0 radical (unpaired) electrons. The highest BCUT2D eigenvalue weighted by Gasteiger charge is 2.23. The summed E-state index contributed by atoms with van der Waals surface area (Å²) in [6.45, 7) is -0.0418. The minimum absolute atomic E-state index is 0.0172. The van der Waals surface area contributed by atoms with Crippen LogP contribution in [0.2, 0.25) is 0 Å². The van der Waals surface area contributed by atoms with Gasteiger partial charge in [-0.1, -0.05) is 11.3 Å². The van der Waals surface area contributed by atoms with Gasteiger partial charge in [0.1, 0.15) is 9.97 Å². The molecule has 0 saturated carbocycles. The Hall–Kier alpha value is -2.40. The number of amides is 1. The number of furan rings is 1. The van der Waals surface area contributed by atoms with E-state index < -0.39 is 20.7 Å². The summed E-state index contributed by atoms with van der Waals surface area (Å²) in [7, 11) is -3.56. The minimum atomic E-state index is -3.56. The van der Waals surface area contributed by atoms with Crippen LogP contribution in [0.1, 0.15) is 5.76 Å². The summed E-state index contributed by atoms with van der Waals surface area (Å²) in [6.07, 6.45) is 2.43. The molecule has 1 amide bonds. The van der Waals surface area contributed by atoms with Crippen LogP contribution in [-0.4, -0.2) is 32.0 Å². The van der Waals surface area contributed by atoms with Crippen LogP contribution >= 0.6 is 11.3 Å². The van der Waals surface area contributed by atoms with E-state index in [1.54, 1.807) is 12.1 Å². The maximum atomic E-state index is 11.7. The summed E-state index contributed by atoms with van der Waals surface area (Å²) in [5.74, 6) is 0.157. The molecule has 2 N–H and O–H groups in total. The van der Waals surface area contributed by atoms with Gasteiger partial charge in [0.2, 0.25) is 5.91 Å². The number of rotatable bonds is 7. The molecule has 0 atom stereocenters. The van der Waals surface area contributed by atoms with Gasteiger partial charge in [-0.15, -0.1) is 0 Å². The zero-order valence-corrected chi connectivity index (χ0v) is 13.6. The van der Waals surface area contributed by atoms with E-state index in [-0.39, 0.29) is 28.0 Å². The number of anilines is 1. The van der Waals surface area contributed by atoms with Crippen LogP contribution in [-0.2, 0) is 21.2 Å². The van der Waals surface area contributed by atoms with Gasteiger partial charge in [0, 0.05) is 12.3 Å². The fourth-order valence-electron chi connectivity index (χ4n) is 1.63. The van der Waals surface area contributed by atoms with E-state index in [1.165, 1.54) is 6.26 Å². The minimum Gasteiger partial charge on any atom is -0.467 e. The first-order chi connectivity index (χ1) is 10.8. The quantitative estimate of drug-likeness (QED) is 0.564. The van der Waals surface area contributed by atoms with E-state index in [0.29, 0.717) is 17.1 Å². The van der Waals surface area contributed by atoms with Crippen molar-refractivity contribution in [3.8, 4) is 0 Å². The SMILES string of the molecule is CS(=O)(=O)c1cc([N+](=O)[O-])c(NCC(=O)NCc2ccco2)s1. The molecule has 2 aromatic rings. The van der Waals surface area contributed by atoms with Crippen molar-refractivity contribution >= 4 is 37.8 Å². The standard InChI is InChI=1S/C12H13N3O6S2/c1-23(19,20)11-5-9(15(17)18)12(22-11)14-7-10(16)13-6-8-3-2-4-21-8/h2-5,14H,6-7H2,1H3,(H,13,16). The van der Waals surface area contributed by atoms with Gasteiger partial charge < -0.3 is 15.1 Å². The van der Waals surface area contributed by atoms with Crippen molar-refractivity contribution in [2.45, 2.75) is 10.8 Å². The second kappa shape index (κ2) is 6.79. The summed E-state index contributed by atoms with van der Waals surface area (Å²) < 4.78 is 27.8. The van der Waals surface area contributed by atoms with Gasteiger partial charge >= 0.3 is 5.69 Å². The first-order valence-corrected chi connectivity index (χ1v) is 8.99. The number of hydrogen-bond donors (Lipinski definition) is 2. The van der Waals surface area contributed by atoms with Crippen molar-refractivity contribution in [2.24, 2.45) is 0 Å². The number of sulfone groups is 1. The predicted octanol–water partition coefficient (Wildman–Crippen LogP) is 1.38. The van der Waals surface area contributed by atoms with Crippen LogP contribution in [0.4, 0.5) is 10.7 Å². The molecule has 2 rings (SSSR count). The topological polar surface area (TPSA) is 132 Å². The lowest BCUT2D eigenvalue weighted by molar-refractivity contribution is -0.383. The van der Waals surface area contributed by atoms with Crippen LogP contribution in [0, 0.1) is 10.1 Å². The number of nitrogens with zero attached hydrogens (tertiary/aromatic N) is 1. The van der Waals surface area contributed by atoms with Crippen LogP contribution < -0.4 is 10.6 Å². The van der Waals surface area contributed by atoms with Gasteiger partial charge in [-0.3, -0.25) is 14.9 Å². The lowest BCUT2D eigenvalue weighted by atomic mass is 10.4. The molecule has 0 bridgehead atoms. The lowest BCUT2D eigenvalue weighted by Crippen LogP contribution is -2.29. The normalized spacial score (nSPS) is 11.2. The average Bonchev–Trinajstić information content (AvgIpc) is 3.11. The van der Waals surface area contributed by atoms with Crippen LogP contribution in [0.5, 0.6) is 0 Å². The molecule has 0 spiro atoms. The zero-order chi connectivity index (χ0) is 17.0. The fraction of sp³-hybridized carbons (Fsp3) is 0.250. The van der Waals surface area contributed by atoms with Gasteiger partial charge in [0.25, 0.3) is 0 Å². The molecule has 0 aliphatic heterocycles. The summed E-state index contributed by atoms with van der Waals surface area (Å²) in [6, 6.07) is 4.35. The zero-order valence-electron chi connectivity index (χ0n) is 11.9. The Labute approximate surface area is 135 Å². The first-order valence-electron chi connectivity index (χ1n) is 6.28. The summed E-state index contributed by atoms with van der Waals surface area (Å²) in [5, 5.41) is 16.1. The maximum absolute atomic E-state index is 11.7. The number of carbonyl (C=O) groups excluding carboxylic acids is 1. The third-order valence-corrected chi connectivity index (χ3v) is 5.59. The number of carbonyl (C=O) groups is 1. The number of nitrogens with one attached hydrogen (secondary N) is 2. The van der Waals surface area contributed by atoms with Gasteiger partial charge in [0.15, 0.2) is 14.8 Å². The molecule has 0 aliphatic rings. The molecule has 0 fully saturated rings. The number of hydrogen-bond acceptors (Lipinski definition) is 8. The smallest absolute Gasteiger partial charge is 0.304 e. The van der Waals surface area contributed by atoms with Crippen molar-refractivity contribution in [1.29, 1.82) is 0 Å². The largest absolute Gasteiger partial charge is 0.467 e. The van der Waals surface area contributed by atoms with Crippen LogP contribution in [0.15, 0.2) is 33.1 Å². The highest BCUT2D eigenvalue weighted by Crippen LogP contribution is 2.36. The highest BCUT2D eigenvalue weighted by molar-refractivity contribution is 7.92. The van der Waals surface area contributed by atoms with Crippen molar-refractivity contribution in [3.63, 3.8) is 0 Å². The second-order valence-corrected chi connectivity index (χ2v) is 7.81. The average molecular weight is 359 g/mol.